The molecule has 1 fully saturated rings. The molecule has 0 heterocycles. The maximum Gasteiger partial charge on any atom is 0.240 e. The SMILES string of the molecule is CC(C)(CNC(=O)C1(C#N)CC1)c1ccccc1F. The Hall–Kier alpha value is -1.89. The molecule has 1 N–H and O–H groups in total. The van der Waals surface area contributed by atoms with Crippen LogP contribution in [0.2, 0.25) is 0 Å². The van der Waals surface area contributed by atoms with Gasteiger partial charge in [0.05, 0.1) is 6.07 Å². The molecular formula is C15H17FN2O. The van der Waals surface area contributed by atoms with Gasteiger partial charge in [0.1, 0.15) is 11.2 Å². The number of nitriles is 1. The Morgan fingerprint density at radius 1 is 1.47 bits per heavy atom. The highest BCUT2D eigenvalue weighted by molar-refractivity contribution is 5.88. The number of carbonyl (C=O) groups is 1. The molecular weight excluding hydrogens is 243 g/mol. The van der Waals surface area contributed by atoms with E-state index in [-0.39, 0.29) is 11.7 Å². The lowest BCUT2D eigenvalue weighted by molar-refractivity contribution is -0.124. The van der Waals surface area contributed by atoms with E-state index >= 15 is 0 Å². The summed E-state index contributed by atoms with van der Waals surface area (Å²) >= 11 is 0. The smallest absolute Gasteiger partial charge is 0.240 e. The van der Waals surface area contributed by atoms with Crippen molar-refractivity contribution in [2.75, 3.05) is 6.54 Å². The molecule has 0 atom stereocenters. The maximum absolute atomic E-state index is 13.8. The molecule has 1 aromatic rings. The van der Waals surface area contributed by atoms with Crippen LogP contribution in [0.3, 0.4) is 0 Å². The summed E-state index contributed by atoms with van der Waals surface area (Å²) < 4.78 is 13.8. The fourth-order valence-electron chi connectivity index (χ4n) is 2.09. The molecule has 1 saturated carbocycles. The van der Waals surface area contributed by atoms with Gasteiger partial charge in [-0.3, -0.25) is 4.79 Å². The molecule has 19 heavy (non-hydrogen) atoms. The third-order valence-electron chi connectivity index (χ3n) is 3.69. The first-order valence-corrected chi connectivity index (χ1v) is 6.36. The summed E-state index contributed by atoms with van der Waals surface area (Å²) in [6.45, 7) is 4.06. The Balaban J connectivity index is 2.05. The van der Waals surface area contributed by atoms with Crippen molar-refractivity contribution in [3.8, 4) is 6.07 Å². The second-order valence-corrected chi connectivity index (χ2v) is 5.74. The fraction of sp³-hybridized carbons (Fsp3) is 0.467. The lowest BCUT2D eigenvalue weighted by atomic mass is 9.84. The minimum atomic E-state index is -0.828. The van der Waals surface area contributed by atoms with Crippen molar-refractivity contribution in [2.24, 2.45) is 5.41 Å². The van der Waals surface area contributed by atoms with Crippen molar-refractivity contribution in [1.29, 1.82) is 5.26 Å². The minimum absolute atomic E-state index is 0.237. The largest absolute Gasteiger partial charge is 0.354 e. The zero-order valence-corrected chi connectivity index (χ0v) is 11.2. The summed E-state index contributed by atoms with van der Waals surface area (Å²) in [5, 5.41) is 11.7. The molecule has 0 radical (unpaired) electrons. The van der Waals surface area contributed by atoms with Gasteiger partial charge in [0.2, 0.25) is 5.91 Å². The third kappa shape index (κ3) is 2.60. The molecule has 1 amide bonds. The zero-order valence-electron chi connectivity index (χ0n) is 11.2. The number of hydrogen-bond donors (Lipinski definition) is 1. The van der Waals surface area contributed by atoms with Crippen LogP contribution in [0.4, 0.5) is 4.39 Å². The van der Waals surface area contributed by atoms with Gasteiger partial charge < -0.3 is 5.32 Å². The minimum Gasteiger partial charge on any atom is -0.354 e. The van der Waals surface area contributed by atoms with Crippen LogP contribution in [-0.4, -0.2) is 12.5 Å². The molecule has 1 aliphatic carbocycles. The van der Waals surface area contributed by atoms with Crippen LogP contribution in [0.25, 0.3) is 0 Å². The Kier molecular flexibility index (Phi) is 3.32. The van der Waals surface area contributed by atoms with Crippen molar-refractivity contribution in [2.45, 2.75) is 32.1 Å². The molecule has 0 saturated heterocycles. The summed E-state index contributed by atoms with van der Waals surface area (Å²) in [5.74, 6) is -0.511. The molecule has 1 aliphatic rings. The van der Waals surface area contributed by atoms with Crippen LogP contribution in [0.1, 0.15) is 32.3 Å². The zero-order chi connectivity index (χ0) is 14.1. The highest BCUT2D eigenvalue weighted by Gasteiger charge is 2.50. The van der Waals surface area contributed by atoms with E-state index in [1.54, 1.807) is 18.2 Å². The van der Waals surface area contributed by atoms with Crippen molar-refractivity contribution < 1.29 is 9.18 Å². The second-order valence-electron chi connectivity index (χ2n) is 5.74. The van der Waals surface area contributed by atoms with Crippen molar-refractivity contribution in [3.63, 3.8) is 0 Å². The van der Waals surface area contributed by atoms with Crippen LogP contribution >= 0.6 is 0 Å². The van der Waals surface area contributed by atoms with Gasteiger partial charge in [-0.25, -0.2) is 4.39 Å². The highest BCUT2D eigenvalue weighted by atomic mass is 19.1. The Labute approximate surface area is 112 Å². The van der Waals surface area contributed by atoms with Gasteiger partial charge in [-0.05, 0) is 24.5 Å². The number of nitrogens with zero attached hydrogens (tertiary/aromatic N) is 1. The summed E-state index contributed by atoms with van der Waals surface area (Å²) in [6.07, 6.45) is 1.24. The van der Waals surface area contributed by atoms with E-state index in [0.29, 0.717) is 24.9 Å². The molecule has 0 aromatic heterocycles. The fourth-order valence-corrected chi connectivity index (χ4v) is 2.09. The van der Waals surface area contributed by atoms with E-state index in [0.717, 1.165) is 0 Å². The first kappa shape index (κ1) is 13.5. The topological polar surface area (TPSA) is 52.9 Å². The van der Waals surface area contributed by atoms with Crippen LogP contribution < -0.4 is 5.32 Å². The van der Waals surface area contributed by atoms with E-state index in [1.165, 1.54) is 6.07 Å². The molecule has 0 bridgehead atoms. The van der Waals surface area contributed by atoms with E-state index in [2.05, 4.69) is 11.4 Å². The maximum atomic E-state index is 13.8. The monoisotopic (exact) mass is 260 g/mol. The Bertz CT molecular complexity index is 541. The number of nitrogens with one attached hydrogen (secondary N) is 1. The summed E-state index contributed by atoms with van der Waals surface area (Å²) in [7, 11) is 0. The van der Waals surface area contributed by atoms with Gasteiger partial charge in [-0.1, -0.05) is 32.0 Å². The van der Waals surface area contributed by atoms with Gasteiger partial charge >= 0.3 is 0 Å². The number of rotatable bonds is 4. The normalized spacial score (nSPS) is 16.5. The average molecular weight is 260 g/mol. The molecule has 0 aliphatic heterocycles. The average Bonchev–Trinajstić information content (AvgIpc) is 3.17. The Morgan fingerprint density at radius 3 is 2.63 bits per heavy atom. The predicted octanol–water partition coefficient (Wildman–Crippen LogP) is 2.52. The van der Waals surface area contributed by atoms with E-state index in [1.807, 2.05) is 13.8 Å². The molecule has 4 heteroatoms. The number of amides is 1. The molecule has 1 aromatic carbocycles. The highest BCUT2D eigenvalue weighted by Crippen LogP contribution is 2.45. The van der Waals surface area contributed by atoms with Crippen LogP contribution in [-0.2, 0) is 10.2 Å². The quantitative estimate of drug-likeness (QED) is 0.904. The molecule has 100 valence electrons. The van der Waals surface area contributed by atoms with Gasteiger partial charge in [0, 0.05) is 12.0 Å². The number of benzene rings is 1. The molecule has 0 unspecified atom stereocenters. The lowest BCUT2D eigenvalue weighted by Crippen LogP contribution is -2.40. The summed E-state index contributed by atoms with van der Waals surface area (Å²) in [5.41, 5.74) is -0.769. The summed E-state index contributed by atoms with van der Waals surface area (Å²) in [4.78, 5) is 11.9. The Morgan fingerprint density at radius 2 is 2.11 bits per heavy atom. The van der Waals surface area contributed by atoms with Crippen LogP contribution in [0, 0.1) is 22.6 Å². The van der Waals surface area contributed by atoms with Crippen molar-refractivity contribution in [3.05, 3.63) is 35.6 Å². The van der Waals surface area contributed by atoms with Crippen molar-refractivity contribution in [1.82, 2.24) is 5.32 Å². The van der Waals surface area contributed by atoms with Gasteiger partial charge in [-0.15, -0.1) is 0 Å². The van der Waals surface area contributed by atoms with Gasteiger partial charge in [0.25, 0.3) is 0 Å². The number of hydrogen-bond acceptors (Lipinski definition) is 2. The van der Waals surface area contributed by atoms with Gasteiger partial charge in [0.15, 0.2) is 0 Å². The second kappa shape index (κ2) is 4.65. The van der Waals surface area contributed by atoms with Crippen molar-refractivity contribution >= 4 is 5.91 Å². The lowest BCUT2D eigenvalue weighted by Gasteiger charge is -2.26. The molecule has 2 rings (SSSR count). The van der Waals surface area contributed by atoms with E-state index in [9.17, 15) is 9.18 Å². The first-order valence-electron chi connectivity index (χ1n) is 6.36. The van der Waals surface area contributed by atoms with Gasteiger partial charge in [-0.2, -0.15) is 5.26 Å². The van der Waals surface area contributed by atoms with Crippen LogP contribution in [0.15, 0.2) is 24.3 Å². The number of carbonyl (C=O) groups excluding carboxylic acids is 1. The van der Waals surface area contributed by atoms with Crippen LogP contribution in [0.5, 0.6) is 0 Å². The summed E-state index contributed by atoms with van der Waals surface area (Å²) in [6, 6.07) is 8.61. The molecule has 0 spiro atoms. The van der Waals surface area contributed by atoms with E-state index in [4.69, 9.17) is 5.26 Å². The first-order chi connectivity index (χ1) is 8.91. The molecule has 3 nitrogen and oxygen atoms in total. The number of halogens is 1. The van der Waals surface area contributed by atoms with E-state index < -0.39 is 10.8 Å². The third-order valence-corrected chi connectivity index (χ3v) is 3.69. The predicted molar refractivity (Wildman–Crippen MR) is 69.7 cm³/mol. The standard InChI is InChI=1S/C15H17FN2O/c1-14(2,11-5-3-4-6-12(11)16)10-18-13(19)15(9-17)7-8-15/h3-6H,7-8,10H2,1-2H3,(H,18,19).